The minimum Gasteiger partial charge on any atom is -0.388 e. The van der Waals surface area contributed by atoms with Crippen LogP contribution in [-0.4, -0.2) is 26.8 Å². The van der Waals surface area contributed by atoms with E-state index in [4.69, 9.17) is 5.73 Å². The summed E-state index contributed by atoms with van der Waals surface area (Å²) < 4.78 is 2.21. The van der Waals surface area contributed by atoms with E-state index in [1.807, 2.05) is 6.33 Å². The third-order valence-electron chi connectivity index (χ3n) is 5.23. The average Bonchev–Trinajstić information content (AvgIpc) is 3.02. The molecule has 1 aromatic heterocycles. The van der Waals surface area contributed by atoms with E-state index in [-0.39, 0.29) is 0 Å². The van der Waals surface area contributed by atoms with Crippen LogP contribution in [0.2, 0.25) is 0 Å². The second kappa shape index (κ2) is 5.43. The van der Waals surface area contributed by atoms with Gasteiger partial charge in [-0.1, -0.05) is 6.42 Å². The summed E-state index contributed by atoms with van der Waals surface area (Å²) in [5.74, 6) is 0.312. The van der Waals surface area contributed by atoms with Crippen molar-refractivity contribution in [2.45, 2.75) is 51.7 Å². The summed E-state index contributed by atoms with van der Waals surface area (Å²) in [4.78, 5) is 4.50. The summed E-state index contributed by atoms with van der Waals surface area (Å²) >= 11 is 0. The van der Waals surface area contributed by atoms with Gasteiger partial charge in [0.25, 0.3) is 0 Å². The van der Waals surface area contributed by atoms with Crippen LogP contribution in [0.4, 0.5) is 0 Å². The maximum atomic E-state index is 10.5. The van der Waals surface area contributed by atoms with Crippen LogP contribution in [0.1, 0.15) is 36.8 Å². The highest BCUT2D eigenvalue weighted by atomic mass is 16.3. The maximum absolute atomic E-state index is 10.5. The number of fused-ring (bicyclic) bond motifs is 1. The predicted octanol–water partition coefficient (Wildman–Crippen LogP) is 2.53. The van der Waals surface area contributed by atoms with Gasteiger partial charge in [0.05, 0.1) is 23.0 Å². The van der Waals surface area contributed by atoms with E-state index in [1.165, 1.54) is 16.6 Å². The van der Waals surface area contributed by atoms with Crippen LogP contribution in [0.5, 0.6) is 0 Å². The molecular weight excluding hydrogens is 262 g/mol. The summed E-state index contributed by atoms with van der Waals surface area (Å²) in [5.41, 5.74) is 9.93. The number of aryl methyl sites for hydroxylation is 3. The normalized spacial score (nSPS) is 25.8. The zero-order valence-electron chi connectivity index (χ0n) is 13.0. The molecule has 1 saturated carbocycles. The Kier molecular flexibility index (Phi) is 3.76. The van der Waals surface area contributed by atoms with Crippen LogP contribution < -0.4 is 5.73 Å². The molecular formula is C17H25N3O. The Labute approximate surface area is 126 Å². The first-order chi connectivity index (χ1) is 10.0. The lowest BCUT2D eigenvalue weighted by atomic mass is 9.88. The average molecular weight is 287 g/mol. The summed E-state index contributed by atoms with van der Waals surface area (Å²) in [6.07, 6.45) is 5.89. The number of hydrogen-bond acceptors (Lipinski definition) is 3. The topological polar surface area (TPSA) is 64.1 Å². The number of nitrogens with zero attached hydrogens (tertiary/aromatic N) is 2. The lowest BCUT2D eigenvalue weighted by Gasteiger charge is -2.28. The molecule has 0 saturated heterocycles. The Balaban J connectivity index is 1.78. The van der Waals surface area contributed by atoms with Gasteiger partial charge in [-0.2, -0.15) is 0 Å². The first-order valence-electron chi connectivity index (χ1n) is 7.88. The molecule has 21 heavy (non-hydrogen) atoms. The third kappa shape index (κ3) is 2.58. The lowest BCUT2D eigenvalue weighted by Crippen LogP contribution is -2.41. The third-order valence-corrected chi connectivity index (χ3v) is 5.23. The van der Waals surface area contributed by atoms with Crippen LogP contribution in [0.15, 0.2) is 18.5 Å². The second-order valence-corrected chi connectivity index (χ2v) is 6.55. The van der Waals surface area contributed by atoms with E-state index in [0.717, 1.165) is 37.7 Å². The van der Waals surface area contributed by atoms with E-state index in [9.17, 15) is 5.11 Å². The molecule has 2 atom stereocenters. The van der Waals surface area contributed by atoms with Gasteiger partial charge in [-0.3, -0.25) is 0 Å². The maximum Gasteiger partial charge on any atom is 0.0958 e. The minimum absolute atomic E-state index is 0.312. The molecule has 3 rings (SSSR count). The smallest absolute Gasteiger partial charge is 0.0958 e. The summed E-state index contributed by atoms with van der Waals surface area (Å²) in [5, 5.41) is 10.5. The highest BCUT2D eigenvalue weighted by Gasteiger charge is 2.39. The van der Waals surface area contributed by atoms with E-state index >= 15 is 0 Å². The number of aromatic nitrogens is 2. The number of rotatable bonds is 4. The molecule has 2 aromatic rings. The van der Waals surface area contributed by atoms with Gasteiger partial charge in [-0.05, 0) is 62.3 Å². The molecule has 4 nitrogen and oxygen atoms in total. The molecule has 0 bridgehead atoms. The fraction of sp³-hybridized carbons (Fsp3) is 0.588. The molecule has 4 heteroatoms. The Bertz CT molecular complexity index is 649. The van der Waals surface area contributed by atoms with Gasteiger partial charge in [0, 0.05) is 13.1 Å². The zero-order valence-corrected chi connectivity index (χ0v) is 13.0. The minimum atomic E-state index is -0.650. The van der Waals surface area contributed by atoms with Crippen LogP contribution in [0.3, 0.4) is 0 Å². The van der Waals surface area contributed by atoms with Gasteiger partial charge in [-0.25, -0.2) is 4.98 Å². The predicted molar refractivity (Wildman–Crippen MR) is 85.2 cm³/mol. The Morgan fingerprint density at radius 2 is 2.14 bits per heavy atom. The molecule has 2 unspecified atom stereocenters. The molecule has 1 aliphatic rings. The van der Waals surface area contributed by atoms with E-state index in [2.05, 4.69) is 35.5 Å². The van der Waals surface area contributed by atoms with E-state index in [0.29, 0.717) is 12.5 Å². The molecule has 1 aromatic carbocycles. The summed E-state index contributed by atoms with van der Waals surface area (Å²) in [6, 6.07) is 4.36. The van der Waals surface area contributed by atoms with Crippen LogP contribution in [0.25, 0.3) is 11.0 Å². The molecule has 0 aliphatic heterocycles. The van der Waals surface area contributed by atoms with Crippen LogP contribution >= 0.6 is 0 Å². The van der Waals surface area contributed by atoms with Crippen molar-refractivity contribution in [1.29, 1.82) is 0 Å². The monoisotopic (exact) mass is 287 g/mol. The van der Waals surface area contributed by atoms with Crippen molar-refractivity contribution in [1.82, 2.24) is 9.55 Å². The quantitative estimate of drug-likeness (QED) is 0.908. The van der Waals surface area contributed by atoms with Crippen molar-refractivity contribution in [2.24, 2.45) is 11.7 Å². The molecule has 0 spiro atoms. The number of aliphatic hydroxyl groups is 1. The molecule has 3 N–H and O–H groups in total. The van der Waals surface area contributed by atoms with E-state index in [1.54, 1.807) is 0 Å². The second-order valence-electron chi connectivity index (χ2n) is 6.55. The highest BCUT2D eigenvalue weighted by Crippen LogP contribution is 2.37. The van der Waals surface area contributed by atoms with Crippen molar-refractivity contribution >= 4 is 11.0 Å². The van der Waals surface area contributed by atoms with Gasteiger partial charge in [0.15, 0.2) is 0 Å². The largest absolute Gasteiger partial charge is 0.388 e. The zero-order chi connectivity index (χ0) is 15.0. The fourth-order valence-electron chi connectivity index (χ4n) is 3.60. The number of imidazole rings is 1. The van der Waals surface area contributed by atoms with Gasteiger partial charge in [-0.15, -0.1) is 0 Å². The molecule has 0 amide bonds. The van der Waals surface area contributed by atoms with Crippen molar-refractivity contribution in [2.75, 3.05) is 6.54 Å². The Morgan fingerprint density at radius 3 is 2.90 bits per heavy atom. The summed E-state index contributed by atoms with van der Waals surface area (Å²) in [6.45, 7) is 5.52. The number of benzene rings is 1. The van der Waals surface area contributed by atoms with Crippen LogP contribution in [-0.2, 0) is 6.54 Å². The van der Waals surface area contributed by atoms with Crippen molar-refractivity contribution < 1.29 is 5.11 Å². The highest BCUT2D eigenvalue weighted by molar-refractivity contribution is 5.77. The lowest BCUT2D eigenvalue weighted by molar-refractivity contribution is 0.00670. The number of nitrogens with two attached hydrogens (primary N) is 1. The van der Waals surface area contributed by atoms with Gasteiger partial charge < -0.3 is 15.4 Å². The molecule has 114 valence electrons. The standard InChI is InChI=1S/C17H25N3O/c1-12-8-15-16(9-13(12)2)20(11-19-15)7-5-14-4-3-6-17(14,21)10-18/h8-9,11,14,21H,3-7,10,18H2,1-2H3. The van der Waals surface area contributed by atoms with Gasteiger partial charge in [0.2, 0.25) is 0 Å². The molecule has 1 fully saturated rings. The Hall–Kier alpha value is -1.39. The first-order valence-corrected chi connectivity index (χ1v) is 7.88. The van der Waals surface area contributed by atoms with Gasteiger partial charge in [0.1, 0.15) is 0 Å². The van der Waals surface area contributed by atoms with E-state index < -0.39 is 5.60 Å². The SMILES string of the molecule is Cc1cc2ncn(CCC3CCCC3(O)CN)c2cc1C. The summed E-state index contributed by atoms with van der Waals surface area (Å²) in [7, 11) is 0. The fourth-order valence-corrected chi connectivity index (χ4v) is 3.60. The molecule has 1 aliphatic carbocycles. The van der Waals surface area contributed by atoms with Crippen molar-refractivity contribution in [3.05, 3.63) is 29.6 Å². The molecule has 0 radical (unpaired) electrons. The Morgan fingerprint density at radius 1 is 1.38 bits per heavy atom. The first kappa shape index (κ1) is 14.5. The molecule has 1 heterocycles. The number of hydrogen-bond donors (Lipinski definition) is 2. The van der Waals surface area contributed by atoms with Crippen molar-refractivity contribution in [3.63, 3.8) is 0 Å². The van der Waals surface area contributed by atoms with Crippen molar-refractivity contribution in [3.8, 4) is 0 Å². The van der Waals surface area contributed by atoms with Gasteiger partial charge >= 0.3 is 0 Å². The van der Waals surface area contributed by atoms with Crippen LogP contribution in [0, 0.1) is 19.8 Å².